The van der Waals surface area contributed by atoms with E-state index >= 15 is 0 Å². The Morgan fingerprint density at radius 1 is 0.956 bits per heavy atom. The Hall–Kier alpha value is -3.41. The van der Waals surface area contributed by atoms with E-state index in [1.54, 1.807) is 62.1 Å². The van der Waals surface area contributed by atoms with Crippen LogP contribution in [0.25, 0.3) is 11.1 Å². The Morgan fingerprint density at radius 2 is 1.56 bits per heavy atom. The Kier molecular flexibility index (Phi) is 8.61. The van der Waals surface area contributed by atoms with Crippen molar-refractivity contribution in [1.29, 1.82) is 0 Å². The van der Waals surface area contributed by atoms with Crippen molar-refractivity contribution < 1.29 is 46.1 Å². The molecule has 4 aliphatic carbocycles. The lowest BCUT2D eigenvalue weighted by Crippen LogP contribution is -2.61. The van der Waals surface area contributed by atoms with E-state index in [1.807, 2.05) is 0 Å². The van der Waals surface area contributed by atoms with Crippen LogP contribution >= 0.6 is 0 Å². The summed E-state index contributed by atoms with van der Waals surface area (Å²) < 4.78 is 75.4. The van der Waals surface area contributed by atoms with Crippen molar-refractivity contribution >= 4 is 17.7 Å². The minimum absolute atomic E-state index is 0.00484. The minimum atomic E-state index is -4.83. The highest BCUT2D eigenvalue weighted by Crippen LogP contribution is 2.54. The van der Waals surface area contributed by atoms with Crippen LogP contribution in [0, 0.1) is 11.3 Å². The van der Waals surface area contributed by atoms with Gasteiger partial charge >= 0.3 is 18.9 Å². The van der Waals surface area contributed by atoms with Crippen molar-refractivity contribution in [3.8, 4) is 16.9 Å². The summed E-state index contributed by atoms with van der Waals surface area (Å²) in [6.45, 7) is 2.71. The van der Waals surface area contributed by atoms with Gasteiger partial charge in [-0.2, -0.15) is 22.0 Å². The molecule has 2 amide bonds. The largest absolute Gasteiger partial charge is 0.444 e. The second kappa shape index (κ2) is 11.7. The predicted molar refractivity (Wildman–Crippen MR) is 157 cm³/mol. The minimum Gasteiger partial charge on any atom is -0.444 e. The quantitative estimate of drug-likeness (QED) is 0.291. The first-order valence-corrected chi connectivity index (χ1v) is 15.2. The molecule has 45 heavy (non-hydrogen) atoms. The maximum Gasteiger partial charge on any atom is 0.417 e. The maximum atomic E-state index is 13.9. The summed E-state index contributed by atoms with van der Waals surface area (Å²) in [5, 5.41) is 13.2. The van der Waals surface area contributed by atoms with E-state index in [0.717, 1.165) is 0 Å². The smallest absolute Gasteiger partial charge is 0.417 e. The first-order valence-electron chi connectivity index (χ1n) is 15.2. The third-order valence-electron chi connectivity index (χ3n) is 9.54. The SMILES string of the molecule is CC(C)(C)OC(=O)NC12CCC(CN(c3cccc(-c4ccc(OC(F)F)cc4)c3)C(=O)[C@H]3C[C@](O)(C(F)(F)F)C3)(CC1)CC2. The van der Waals surface area contributed by atoms with Crippen molar-refractivity contribution in [3.63, 3.8) is 0 Å². The molecule has 0 atom stereocenters. The summed E-state index contributed by atoms with van der Waals surface area (Å²) in [6, 6.07) is 13.0. The van der Waals surface area contributed by atoms with Crippen LogP contribution in [-0.2, 0) is 9.53 Å². The number of alkyl carbamates (subject to hydrolysis) is 1. The number of benzene rings is 2. The molecule has 2 aromatic rings. The highest BCUT2D eigenvalue weighted by Gasteiger charge is 2.63. The van der Waals surface area contributed by atoms with Crippen LogP contribution in [0.5, 0.6) is 5.75 Å². The molecule has 0 spiro atoms. The number of rotatable bonds is 8. The van der Waals surface area contributed by atoms with E-state index < -0.39 is 60.3 Å². The van der Waals surface area contributed by atoms with Gasteiger partial charge in [0.15, 0.2) is 5.60 Å². The van der Waals surface area contributed by atoms with Crippen LogP contribution in [0.3, 0.4) is 0 Å². The highest BCUT2D eigenvalue weighted by molar-refractivity contribution is 5.96. The van der Waals surface area contributed by atoms with E-state index in [2.05, 4.69) is 10.1 Å². The molecule has 4 fully saturated rings. The van der Waals surface area contributed by atoms with Gasteiger partial charge < -0.3 is 24.8 Å². The number of aliphatic hydroxyl groups is 1. The van der Waals surface area contributed by atoms with Crippen LogP contribution < -0.4 is 15.0 Å². The number of amides is 2. The van der Waals surface area contributed by atoms with E-state index in [4.69, 9.17) is 4.74 Å². The zero-order valence-electron chi connectivity index (χ0n) is 25.6. The van der Waals surface area contributed by atoms with Crippen molar-refractivity contribution in [1.82, 2.24) is 5.32 Å². The maximum absolute atomic E-state index is 13.9. The number of halogens is 5. The van der Waals surface area contributed by atoms with Gasteiger partial charge in [-0.05, 0) is 113 Å². The molecule has 2 aromatic carbocycles. The fourth-order valence-corrected chi connectivity index (χ4v) is 6.90. The van der Waals surface area contributed by atoms with Crippen LogP contribution in [0.2, 0.25) is 0 Å². The molecule has 12 heteroatoms. The molecule has 0 aromatic heterocycles. The molecule has 0 unspecified atom stereocenters. The van der Waals surface area contributed by atoms with E-state index in [0.29, 0.717) is 55.3 Å². The second-order valence-electron chi connectivity index (χ2n) is 13.9. The molecule has 0 saturated heterocycles. The molecule has 6 rings (SSSR count). The standard InChI is InChI=1S/C33H39F5N2O5/c1-29(2,3)45-28(42)39-31-14-11-30(12-15-31,13-16-31)20-40(26(41)23-18-32(43,19-23)33(36,37)38)24-6-4-5-22(17-24)21-7-9-25(10-8-21)44-27(34)35/h4-10,17,23,27,43H,11-16,18-20H2,1-3H3,(H,39,42)/t23-,30?,31?,32+. The monoisotopic (exact) mass is 638 g/mol. The van der Waals surface area contributed by atoms with Gasteiger partial charge in [0.25, 0.3) is 0 Å². The lowest BCUT2D eigenvalue weighted by Gasteiger charge is -2.55. The average Bonchev–Trinajstić information content (AvgIpc) is 2.93. The molecule has 2 bridgehead atoms. The molecule has 2 N–H and O–H groups in total. The zero-order chi connectivity index (χ0) is 32.8. The Bertz CT molecular complexity index is 1370. The Morgan fingerprint density at radius 3 is 2.09 bits per heavy atom. The number of alkyl halides is 5. The third kappa shape index (κ3) is 7.21. The van der Waals surface area contributed by atoms with Crippen molar-refractivity contribution in [2.45, 2.75) is 102 Å². The van der Waals surface area contributed by atoms with Gasteiger partial charge in [0, 0.05) is 23.7 Å². The number of nitrogens with one attached hydrogen (secondary N) is 1. The zero-order valence-corrected chi connectivity index (χ0v) is 25.6. The van der Waals surface area contributed by atoms with Crippen LogP contribution in [0.15, 0.2) is 48.5 Å². The van der Waals surface area contributed by atoms with Crippen molar-refractivity contribution in [3.05, 3.63) is 48.5 Å². The van der Waals surface area contributed by atoms with Crippen molar-refractivity contribution in [2.24, 2.45) is 11.3 Å². The fourth-order valence-electron chi connectivity index (χ4n) is 6.90. The van der Waals surface area contributed by atoms with E-state index in [1.165, 1.54) is 12.1 Å². The molecule has 246 valence electrons. The molecular weight excluding hydrogens is 599 g/mol. The fraction of sp³-hybridized carbons (Fsp3) is 0.576. The normalized spacial score (nSPS) is 27.9. The topological polar surface area (TPSA) is 88.1 Å². The predicted octanol–water partition coefficient (Wildman–Crippen LogP) is 7.61. The number of nitrogens with zero attached hydrogens (tertiary/aromatic N) is 1. The van der Waals surface area contributed by atoms with Gasteiger partial charge in [-0.25, -0.2) is 4.79 Å². The lowest BCUT2D eigenvalue weighted by atomic mass is 9.57. The first kappa shape index (κ1) is 33.0. The summed E-state index contributed by atoms with van der Waals surface area (Å²) >= 11 is 0. The van der Waals surface area contributed by atoms with Crippen LogP contribution in [0.4, 0.5) is 32.4 Å². The molecule has 0 radical (unpaired) electrons. The summed E-state index contributed by atoms with van der Waals surface area (Å²) in [5.74, 6) is -1.48. The number of anilines is 1. The molecule has 0 aliphatic heterocycles. The van der Waals surface area contributed by atoms with Gasteiger partial charge in [-0.1, -0.05) is 24.3 Å². The average molecular weight is 639 g/mol. The molecular formula is C33H39F5N2O5. The van der Waals surface area contributed by atoms with Gasteiger partial charge in [-0.15, -0.1) is 0 Å². The Labute approximate surface area is 259 Å². The summed E-state index contributed by atoms with van der Waals surface area (Å²) in [7, 11) is 0. The number of fused-ring (bicyclic) bond motifs is 3. The number of carbonyl (C=O) groups excluding carboxylic acids is 2. The summed E-state index contributed by atoms with van der Waals surface area (Å²) in [6.07, 6.45) is -2.55. The summed E-state index contributed by atoms with van der Waals surface area (Å²) in [4.78, 5) is 28.0. The third-order valence-corrected chi connectivity index (χ3v) is 9.54. The van der Waals surface area contributed by atoms with Crippen molar-refractivity contribution in [2.75, 3.05) is 11.4 Å². The number of hydrogen-bond acceptors (Lipinski definition) is 5. The van der Waals surface area contributed by atoms with Gasteiger partial charge in [-0.3, -0.25) is 4.79 Å². The first-order chi connectivity index (χ1) is 20.9. The second-order valence-corrected chi connectivity index (χ2v) is 13.9. The van der Waals surface area contributed by atoms with Crippen LogP contribution in [0.1, 0.15) is 72.1 Å². The molecule has 4 saturated carbocycles. The molecule has 0 heterocycles. The number of ether oxygens (including phenoxy) is 2. The van der Waals surface area contributed by atoms with E-state index in [-0.39, 0.29) is 17.7 Å². The number of carbonyl (C=O) groups is 2. The summed E-state index contributed by atoms with van der Waals surface area (Å²) in [5.41, 5.74) is -2.38. The van der Waals surface area contributed by atoms with Crippen LogP contribution in [-0.4, -0.2) is 53.2 Å². The lowest BCUT2D eigenvalue weighted by molar-refractivity contribution is -0.295. The van der Waals surface area contributed by atoms with E-state index in [9.17, 15) is 36.6 Å². The Balaban J connectivity index is 1.37. The van der Waals surface area contributed by atoms with Gasteiger partial charge in [0.1, 0.15) is 11.4 Å². The molecule has 7 nitrogen and oxygen atoms in total. The number of hydrogen-bond donors (Lipinski definition) is 2. The van der Waals surface area contributed by atoms with Gasteiger partial charge in [0.2, 0.25) is 5.91 Å². The molecule has 4 aliphatic rings. The van der Waals surface area contributed by atoms with Gasteiger partial charge in [0.05, 0.1) is 0 Å². The highest BCUT2D eigenvalue weighted by atomic mass is 19.4.